The van der Waals surface area contributed by atoms with Crippen LogP contribution in [-0.2, 0) is 7.05 Å². The van der Waals surface area contributed by atoms with Crippen molar-refractivity contribution in [2.45, 2.75) is 24.7 Å². The van der Waals surface area contributed by atoms with Crippen LogP contribution >= 0.6 is 11.6 Å². The second kappa shape index (κ2) is 6.80. The van der Waals surface area contributed by atoms with Crippen LogP contribution in [0.4, 0.5) is 23.2 Å². The fraction of sp³-hybridized carbons (Fsp3) is 0.412. The molecular weight excluding hydrogens is 372 g/mol. The smallest absolute Gasteiger partial charge is 0.370 e. The molecule has 26 heavy (non-hydrogen) atoms. The molecule has 1 aliphatic heterocycles. The summed E-state index contributed by atoms with van der Waals surface area (Å²) in [5.41, 5.74) is -1.41. The van der Waals surface area contributed by atoms with Gasteiger partial charge in [0, 0.05) is 51.4 Å². The molecule has 3 heterocycles. The third-order valence-corrected chi connectivity index (χ3v) is 4.51. The van der Waals surface area contributed by atoms with Crippen LogP contribution in [0.15, 0.2) is 24.7 Å². The Labute approximate surface area is 152 Å². The molecule has 4 nitrogen and oxygen atoms in total. The van der Waals surface area contributed by atoms with Crippen molar-refractivity contribution in [3.8, 4) is 11.8 Å². The molecule has 9 heteroatoms. The molecule has 2 aromatic heterocycles. The quantitative estimate of drug-likeness (QED) is 0.425. The third kappa shape index (κ3) is 3.78. The topological polar surface area (TPSA) is 34.0 Å². The van der Waals surface area contributed by atoms with Gasteiger partial charge in [0.1, 0.15) is 5.15 Å². The second-order valence-electron chi connectivity index (χ2n) is 6.13. The molecule has 0 radical (unpaired) electrons. The third-order valence-electron chi connectivity index (χ3n) is 4.30. The summed E-state index contributed by atoms with van der Waals surface area (Å²) < 4.78 is 54.3. The van der Waals surface area contributed by atoms with Gasteiger partial charge in [0.15, 0.2) is 0 Å². The summed E-state index contributed by atoms with van der Waals surface area (Å²) in [6, 6.07) is 1.54. The van der Waals surface area contributed by atoms with Crippen LogP contribution in [-0.4, -0.2) is 39.7 Å². The van der Waals surface area contributed by atoms with Gasteiger partial charge in [-0.05, 0) is 0 Å². The Bertz CT molecular complexity index is 858. The average Bonchev–Trinajstić information content (AvgIpc) is 2.99. The number of anilines is 1. The number of rotatable bonds is 1. The predicted octanol–water partition coefficient (Wildman–Crippen LogP) is 3.74. The summed E-state index contributed by atoms with van der Waals surface area (Å²) in [5.74, 6) is 5.86. The molecule has 0 saturated carbocycles. The fourth-order valence-corrected chi connectivity index (χ4v) is 2.94. The summed E-state index contributed by atoms with van der Waals surface area (Å²) in [4.78, 5) is 5.64. The maximum atomic E-state index is 14.1. The van der Waals surface area contributed by atoms with E-state index >= 15 is 0 Å². The van der Waals surface area contributed by atoms with Crippen molar-refractivity contribution in [1.82, 2.24) is 14.8 Å². The molecule has 0 spiro atoms. The molecule has 0 amide bonds. The van der Waals surface area contributed by atoms with Gasteiger partial charge in [-0.25, -0.2) is 9.37 Å². The van der Waals surface area contributed by atoms with Crippen LogP contribution < -0.4 is 4.90 Å². The van der Waals surface area contributed by atoms with Crippen molar-refractivity contribution in [3.63, 3.8) is 0 Å². The second-order valence-corrected chi connectivity index (χ2v) is 6.51. The zero-order chi connectivity index (χ0) is 18.9. The van der Waals surface area contributed by atoms with Crippen LogP contribution in [0.1, 0.15) is 24.0 Å². The highest BCUT2D eigenvalue weighted by Gasteiger charge is 2.56. The highest BCUT2D eigenvalue weighted by atomic mass is 35.5. The molecule has 0 aliphatic carbocycles. The van der Waals surface area contributed by atoms with Gasteiger partial charge in [-0.1, -0.05) is 23.4 Å². The van der Waals surface area contributed by atoms with Gasteiger partial charge in [0.05, 0.1) is 23.0 Å². The van der Waals surface area contributed by atoms with E-state index in [1.54, 1.807) is 29.0 Å². The Morgan fingerprint density at radius 1 is 1.19 bits per heavy atom. The van der Waals surface area contributed by atoms with Crippen molar-refractivity contribution >= 4 is 17.3 Å². The molecule has 0 N–H and O–H groups in total. The minimum absolute atomic E-state index is 0.0854. The van der Waals surface area contributed by atoms with E-state index in [1.165, 1.54) is 12.3 Å². The first-order chi connectivity index (χ1) is 12.2. The Kier molecular flexibility index (Phi) is 4.84. The first kappa shape index (κ1) is 18.5. The van der Waals surface area contributed by atoms with Crippen LogP contribution in [0.5, 0.6) is 0 Å². The van der Waals surface area contributed by atoms with E-state index < -0.39 is 24.7 Å². The summed E-state index contributed by atoms with van der Waals surface area (Å²) in [6.45, 7) is -0.171. The van der Waals surface area contributed by atoms with Gasteiger partial charge < -0.3 is 4.90 Å². The van der Waals surface area contributed by atoms with Crippen molar-refractivity contribution < 1.29 is 17.6 Å². The number of nitrogens with zero attached hydrogens (tertiary/aromatic N) is 4. The average molecular weight is 387 g/mol. The standard InChI is InChI=1S/C17H15ClF4N4/c1-25-11-12(9-24-25)2-3-13-10-23-15(18)8-14(13)26-6-4-16(19,5-7-26)17(20,21)22/h8-11H,4-7H2,1H3. The molecule has 1 aliphatic rings. The van der Waals surface area contributed by atoms with E-state index in [4.69, 9.17) is 11.6 Å². The first-order valence-electron chi connectivity index (χ1n) is 7.85. The lowest BCUT2D eigenvalue weighted by molar-refractivity contribution is -0.236. The van der Waals surface area contributed by atoms with E-state index in [0.29, 0.717) is 16.8 Å². The molecule has 3 rings (SSSR count). The first-order valence-corrected chi connectivity index (χ1v) is 8.22. The minimum Gasteiger partial charge on any atom is -0.370 e. The van der Waals surface area contributed by atoms with E-state index in [2.05, 4.69) is 21.9 Å². The predicted molar refractivity (Wildman–Crippen MR) is 89.8 cm³/mol. The van der Waals surface area contributed by atoms with E-state index in [0.717, 1.165) is 0 Å². The summed E-state index contributed by atoms with van der Waals surface area (Å²) in [7, 11) is 1.76. The molecule has 0 atom stereocenters. The Morgan fingerprint density at radius 2 is 1.88 bits per heavy atom. The minimum atomic E-state index is -4.86. The normalized spacial score (nSPS) is 16.9. The molecular formula is C17H15ClF4N4. The number of piperidine rings is 1. The molecule has 138 valence electrons. The number of pyridine rings is 1. The number of hydrogen-bond acceptors (Lipinski definition) is 3. The van der Waals surface area contributed by atoms with Gasteiger partial charge in [-0.3, -0.25) is 4.68 Å². The van der Waals surface area contributed by atoms with Gasteiger partial charge in [0.25, 0.3) is 0 Å². The lowest BCUT2D eigenvalue weighted by Crippen LogP contribution is -2.50. The van der Waals surface area contributed by atoms with Crippen molar-refractivity contribution in [1.29, 1.82) is 0 Å². The van der Waals surface area contributed by atoms with Crippen LogP contribution in [0, 0.1) is 11.8 Å². The van der Waals surface area contributed by atoms with E-state index in [-0.39, 0.29) is 18.2 Å². The number of aromatic nitrogens is 3. The molecule has 0 bridgehead atoms. The number of aryl methyl sites for hydroxylation is 1. The fourth-order valence-electron chi connectivity index (χ4n) is 2.79. The molecule has 0 aromatic carbocycles. The zero-order valence-electron chi connectivity index (χ0n) is 13.8. The monoisotopic (exact) mass is 386 g/mol. The lowest BCUT2D eigenvalue weighted by atomic mass is 9.92. The van der Waals surface area contributed by atoms with E-state index in [9.17, 15) is 17.6 Å². The molecule has 2 aromatic rings. The number of halogens is 5. The van der Waals surface area contributed by atoms with Crippen LogP contribution in [0.25, 0.3) is 0 Å². The van der Waals surface area contributed by atoms with E-state index in [1.807, 2.05) is 0 Å². The Hall–Kier alpha value is -2.27. The van der Waals surface area contributed by atoms with Crippen LogP contribution in [0.2, 0.25) is 5.15 Å². The maximum absolute atomic E-state index is 14.1. The summed E-state index contributed by atoms with van der Waals surface area (Å²) >= 11 is 5.93. The molecule has 1 fully saturated rings. The highest BCUT2D eigenvalue weighted by molar-refractivity contribution is 6.29. The SMILES string of the molecule is Cn1cc(C#Cc2cnc(Cl)cc2N2CCC(F)(C(F)(F)F)CC2)cn1. The molecule has 1 saturated heterocycles. The summed E-state index contributed by atoms with van der Waals surface area (Å²) in [6.07, 6.45) is -1.34. The van der Waals surface area contributed by atoms with Crippen molar-refractivity contribution in [3.05, 3.63) is 40.9 Å². The van der Waals surface area contributed by atoms with Gasteiger partial charge >= 0.3 is 6.18 Å². The van der Waals surface area contributed by atoms with Crippen molar-refractivity contribution in [2.24, 2.45) is 7.05 Å². The van der Waals surface area contributed by atoms with Crippen molar-refractivity contribution in [2.75, 3.05) is 18.0 Å². The zero-order valence-corrected chi connectivity index (χ0v) is 14.6. The summed E-state index contributed by atoms with van der Waals surface area (Å²) in [5, 5.41) is 4.21. The van der Waals surface area contributed by atoms with Crippen LogP contribution in [0.3, 0.4) is 0 Å². The Balaban J connectivity index is 1.85. The molecule has 0 unspecified atom stereocenters. The largest absolute Gasteiger partial charge is 0.422 e. The highest BCUT2D eigenvalue weighted by Crippen LogP contribution is 2.42. The number of alkyl halides is 4. The lowest BCUT2D eigenvalue weighted by Gasteiger charge is -2.38. The number of hydrogen-bond donors (Lipinski definition) is 0. The van der Waals surface area contributed by atoms with Gasteiger partial charge in [0.2, 0.25) is 5.67 Å². The van der Waals surface area contributed by atoms with Gasteiger partial charge in [-0.2, -0.15) is 18.3 Å². The maximum Gasteiger partial charge on any atom is 0.422 e. The Morgan fingerprint density at radius 3 is 2.46 bits per heavy atom. The van der Waals surface area contributed by atoms with Gasteiger partial charge in [-0.15, -0.1) is 0 Å².